The van der Waals surface area contributed by atoms with Crippen molar-refractivity contribution in [3.05, 3.63) is 155 Å². The molecule has 6 rings (SSSR count). The molecule has 0 fully saturated rings. The Kier molecular flexibility index (Phi) is 13.1. The van der Waals surface area contributed by atoms with E-state index in [4.69, 9.17) is 0 Å². The van der Waals surface area contributed by atoms with E-state index >= 15 is 0 Å². The zero-order chi connectivity index (χ0) is 25.4. The normalized spacial score (nSPS) is 12.2. The van der Waals surface area contributed by atoms with Gasteiger partial charge in [-0.25, -0.2) is 11.3 Å². The van der Waals surface area contributed by atoms with E-state index in [2.05, 4.69) is 141 Å². The molecule has 4 aromatic rings. The van der Waals surface area contributed by atoms with E-state index in [1.54, 1.807) is 5.20 Å². The molecule has 192 valence electrons. The molecule has 0 aliphatic heterocycles. The Hall–Kier alpha value is -2.09. The number of rotatable bonds is 3. The summed E-state index contributed by atoms with van der Waals surface area (Å²) in [7, 11) is -0.981. The third-order valence-electron chi connectivity index (χ3n) is 6.30. The quantitative estimate of drug-likeness (QED) is 0.212. The number of halogens is 2. The van der Waals surface area contributed by atoms with Crippen LogP contribution in [0.15, 0.2) is 120 Å². The number of hydrogen-bond donors (Lipinski definition) is 0. The summed E-state index contributed by atoms with van der Waals surface area (Å²) in [6.07, 6.45) is 9.74. The zero-order valence-electron chi connectivity index (χ0n) is 22.1. The number of hydrogen-bond acceptors (Lipinski definition) is 0. The number of fused-ring (bicyclic) bond motifs is 3. The fraction of sp³-hybridized carbons (Fsp3) is 0.147. The van der Waals surface area contributed by atoms with Gasteiger partial charge in [0.15, 0.2) is 0 Å². The Balaban J connectivity index is 0.000000200. The minimum absolute atomic E-state index is 0. The summed E-state index contributed by atoms with van der Waals surface area (Å²) < 4.78 is 1.42. The van der Waals surface area contributed by atoms with Crippen molar-refractivity contribution in [3.8, 4) is 11.1 Å². The fourth-order valence-electron chi connectivity index (χ4n) is 4.29. The second-order valence-corrected chi connectivity index (χ2v) is 16.3. The van der Waals surface area contributed by atoms with Crippen LogP contribution in [0.25, 0.3) is 11.1 Å². The van der Waals surface area contributed by atoms with Crippen molar-refractivity contribution in [1.29, 1.82) is 0 Å². The van der Waals surface area contributed by atoms with Crippen molar-refractivity contribution in [3.63, 3.8) is 0 Å². The van der Waals surface area contributed by atoms with Gasteiger partial charge in [0, 0.05) is 0 Å². The van der Waals surface area contributed by atoms with Crippen molar-refractivity contribution < 1.29 is 49.0 Å². The molecule has 0 radical (unpaired) electrons. The SMILES string of the molecule is C[Si](C)(C)C1=CC[C-]=C1.[Cl-].[Cl-].[Zr+2]=[C](c1ccccc1)c1ccccc1.[c-]1cccc2c1Cc1ccccc1-2. The monoisotopic (exact) mass is 628 g/mol. The average molecular weight is 631 g/mol. The van der Waals surface area contributed by atoms with E-state index in [0.29, 0.717) is 0 Å². The average Bonchev–Trinajstić information content (AvgIpc) is 3.59. The maximum Gasteiger partial charge on any atom is -0.0253 e. The minimum atomic E-state index is -0.981. The van der Waals surface area contributed by atoms with Gasteiger partial charge in [0.25, 0.3) is 0 Å². The molecule has 0 spiro atoms. The predicted molar refractivity (Wildman–Crippen MR) is 153 cm³/mol. The molecule has 0 heterocycles. The van der Waals surface area contributed by atoms with Gasteiger partial charge < -0.3 is 24.8 Å². The van der Waals surface area contributed by atoms with Crippen molar-refractivity contribution in [2.75, 3.05) is 0 Å². The van der Waals surface area contributed by atoms with Gasteiger partial charge in [-0.15, -0.1) is 12.0 Å². The number of allylic oxidation sites excluding steroid dienone is 4. The molecular weight excluding hydrogens is 599 g/mol. The molecule has 0 bridgehead atoms. The van der Waals surface area contributed by atoms with Crippen LogP contribution >= 0.6 is 0 Å². The largest absolute Gasteiger partial charge is 0.179 e. The van der Waals surface area contributed by atoms with Crippen LogP contribution in [0.5, 0.6) is 0 Å². The van der Waals surface area contributed by atoms with Crippen molar-refractivity contribution in [2.45, 2.75) is 32.5 Å². The van der Waals surface area contributed by atoms with Crippen LogP contribution in [0.1, 0.15) is 28.7 Å². The smallest absolute Gasteiger partial charge is 0.0253 e. The van der Waals surface area contributed by atoms with Crippen LogP contribution in [0, 0.1) is 12.1 Å². The maximum atomic E-state index is 3.30. The molecule has 0 nitrogen and oxygen atoms in total. The van der Waals surface area contributed by atoms with Gasteiger partial charge in [-0.1, -0.05) is 55.0 Å². The molecule has 4 aromatic carbocycles. The second-order valence-electron chi connectivity index (χ2n) is 9.97. The van der Waals surface area contributed by atoms with Gasteiger partial charge >= 0.3 is 99.2 Å². The van der Waals surface area contributed by atoms with E-state index in [-0.39, 0.29) is 24.8 Å². The van der Waals surface area contributed by atoms with Gasteiger partial charge in [0.2, 0.25) is 0 Å². The van der Waals surface area contributed by atoms with E-state index in [9.17, 15) is 0 Å². The molecule has 0 aromatic heterocycles. The Morgan fingerprint density at radius 3 is 1.79 bits per heavy atom. The molecule has 38 heavy (non-hydrogen) atoms. The van der Waals surface area contributed by atoms with Crippen LogP contribution in [0.4, 0.5) is 0 Å². The van der Waals surface area contributed by atoms with Gasteiger partial charge in [-0.3, -0.25) is 6.08 Å². The molecule has 0 amide bonds. The van der Waals surface area contributed by atoms with E-state index in [1.165, 1.54) is 60.8 Å². The molecule has 0 atom stereocenters. The molecule has 0 saturated heterocycles. The van der Waals surface area contributed by atoms with Crippen LogP contribution in [-0.4, -0.2) is 11.3 Å². The molecule has 4 heteroatoms. The van der Waals surface area contributed by atoms with Crippen LogP contribution < -0.4 is 24.8 Å². The molecule has 0 N–H and O–H groups in total. The molecule has 0 unspecified atom stereocenters. The summed E-state index contributed by atoms with van der Waals surface area (Å²) in [6, 6.07) is 39.2. The first-order valence-corrected chi connectivity index (χ1v) is 17.2. The summed E-state index contributed by atoms with van der Waals surface area (Å²) in [6.45, 7) is 7.09. The molecule has 0 saturated carbocycles. The van der Waals surface area contributed by atoms with Crippen LogP contribution in [0.3, 0.4) is 0 Å². The van der Waals surface area contributed by atoms with E-state index in [1.807, 2.05) is 6.07 Å². The van der Waals surface area contributed by atoms with Crippen LogP contribution in [0.2, 0.25) is 19.6 Å². The van der Waals surface area contributed by atoms with Gasteiger partial charge in [0.05, 0.1) is 0 Å². The van der Waals surface area contributed by atoms with Crippen molar-refractivity contribution in [1.82, 2.24) is 0 Å². The number of benzene rings is 4. The predicted octanol–water partition coefficient (Wildman–Crippen LogP) is 2.42. The summed E-state index contributed by atoms with van der Waals surface area (Å²) >= 11 is 1.46. The van der Waals surface area contributed by atoms with Crippen molar-refractivity contribution in [2.24, 2.45) is 0 Å². The van der Waals surface area contributed by atoms with E-state index < -0.39 is 8.07 Å². The first-order valence-electron chi connectivity index (χ1n) is 12.5. The molecular formula is C34H32Cl2SiZr-2. The first kappa shape index (κ1) is 32.1. The minimum Gasteiger partial charge on any atom is -0.179 e. The Labute approximate surface area is 257 Å². The Morgan fingerprint density at radius 1 is 0.711 bits per heavy atom. The van der Waals surface area contributed by atoms with Crippen LogP contribution in [-0.2, 0) is 30.7 Å². The first-order chi connectivity index (χ1) is 17.4. The third kappa shape index (κ3) is 8.72. The molecule has 2 aliphatic rings. The van der Waals surface area contributed by atoms with E-state index in [0.717, 1.165) is 12.8 Å². The second kappa shape index (κ2) is 15.5. The maximum absolute atomic E-state index is 3.30. The standard InChI is InChI=1S/C13H9.C13H10.C8H13Si.2ClH.Zr/c1-3-7-12-10(5-1)9-11-6-2-4-8-13(11)12;1-3-7-12(8-4-1)11-13-9-5-2-6-10-13;1-9(2,3)8-6-4-5-7-8;;;/h1-5,7-8H,9H2;1-10H;6-7H,4H2,1-3H3;2*1H;/q-1;;-1;;;+2/p-2. The van der Waals surface area contributed by atoms with Gasteiger partial charge in [0.1, 0.15) is 0 Å². The summed E-state index contributed by atoms with van der Waals surface area (Å²) in [5, 5.41) is 1.56. The third-order valence-corrected chi connectivity index (χ3v) is 9.80. The summed E-state index contributed by atoms with van der Waals surface area (Å²) in [5.74, 6) is 0. The van der Waals surface area contributed by atoms with Gasteiger partial charge in [-0.05, 0) is 14.5 Å². The Morgan fingerprint density at radius 2 is 1.26 bits per heavy atom. The fourth-order valence-corrected chi connectivity index (χ4v) is 6.36. The molecule has 2 aliphatic carbocycles. The Bertz CT molecular complexity index is 1290. The zero-order valence-corrected chi connectivity index (χ0v) is 27.1. The van der Waals surface area contributed by atoms with Crippen molar-refractivity contribution >= 4 is 11.3 Å². The summed E-state index contributed by atoms with van der Waals surface area (Å²) in [5.41, 5.74) is 8.17. The van der Waals surface area contributed by atoms with Gasteiger partial charge in [-0.2, -0.15) is 35.9 Å². The summed E-state index contributed by atoms with van der Waals surface area (Å²) in [4.78, 5) is 0. The topological polar surface area (TPSA) is 0 Å².